The highest BCUT2D eigenvalue weighted by molar-refractivity contribution is 9.10. The molecule has 5 heteroatoms. The Morgan fingerprint density at radius 2 is 1.82 bits per heavy atom. The highest BCUT2D eigenvalue weighted by Gasteiger charge is 2.16. The second kappa shape index (κ2) is 6.33. The van der Waals surface area contributed by atoms with Gasteiger partial charge in [-0.15, -0.1) is 0 Å². The molecule has 1 aromatic rings. The zero-order valence-electron chi connectivity index (χ0n) is 9.81. The number of hydrogen-bond acceptors (Lipinski definition) is 3. The minimum atomic E-state index is 0.576. The van der Waals surface area contributed by atoms with Crippen molar-refractivity contribution in [3.05, 3.63) is 34.3 Å². The molecule has 90 valence electrons. The van der Waals surface area contributed by atoms with Crippen LogP contribution < -0.4 is 0 Å². The fourth-order valence-electron chi connectivity index (χ4n) is 2.08. The number of halogens is 1. The number of rotatable bonds is 4. The Kier molecular flexibility index (Phi) is 4.77. The maximum atomic E-state index is 10.4. The maximum absolute atomic E-state index is 10.4. The van der Waals surface area contributed by atoms with Crippen molar-refractivity contribution in [3.8, 4) is 0 Å². The van der Waals surface area contributed by atoms with E-state index in [0.717, 1.165) is 43.4 Å². The third-order valence-corrected chi connectivity index (χ3v) is 3.65. The molecule has 1 aliphatic rings. The van der Waals surface area contributed by atoms with Crippen LogP contribution in [0.1, 0.15) is 5.56 Å². The Morgan fingerprint density at radius 1 is 1.18 bits per heavy atom. The Balaban J connectivity index is 1.81. The van der Waals surface area contributed by atoms with E-state index < -0.39 is 0 Å². The number of carbonyl (C=O) groups is 1. The van der Waals surface area contributed by atoms with Crippen LogP contribution in [-0.2, 0) is 11.3 Å². The van der Waals surface area contributed by atoms with E-state index in [2.05, 4.69) is 49.9 Å². The summed E-state index contributed by atoms with van der Waals surface area (Å²) in [5, 5.41) is 0. The van der Waals surface area contributed by atoms with Crippen LogP contribution in [0.2, 0.25) is 0 Å². The lowest BCUT2D eigenvalue weighted by molar-refractivity contribution is 0.183. The van der Waals surface area contributed by atoms with E-state index in [0.29, 0.717) is 7.41 Å². The lowest BCUT2D eigenvalue weighted by atomic mass is 9.93. The van der Waals surface area contributed by atoms with Crippen molar-refractivity contribution in [1.29, 1.82) is 0 Å². The van der Waals surface area contributed by atoms with Gasteiger partial charge in [-0.05, 0) is 17.7 Å². The molecule has 1 fully saturated rings. The number of carbonyl (C=O) groups excluding carboxylic acids is 1. The molecule has 17 heavy (non-hydrogen) atoms. The first kappa shape index (κ1) is 12.8. The zero-order chi connectivity index (χ0) is 12.1. The molecule has 2 rings (SSSR count). The lowest BCUT2D eigenvalue weighted by Gasteiger charge is -2.33. The molecule has 0 aromatic heterocycles. The highest BCUT2D eigenvalue weighted by Crippen LogP contribution is 2.13. The zero-order valence-corrected chi connectivity index (χ0v) is 11.4. The third-order valence-electron chi connectivity index (χ3n) is 3.12. The minimum absolute atomic E-state index is 0.576. The summed E-state index contributed by atoms with van der Waals surface area (Å²) < 4.78 is 1.12. The average Bonchev–Trinajstić information content (AvgIpc) is 2.35. The van der Waals surface area contributed by atoms with Gasteiger partial charge < -0.3 is 9.61 Å². The molecular weight excluding hydrogens is 279 g/mol. The van der Waals surface area contributed by atoms with Gasteiger partial charge >= 0.3 is 0 Å². The molecule has 0 saturated carbocycles. The van der Waals surface area contributed by atoms with E-state index in [1.165, 1.54) is 5.56 Å². The molecule has 1 aliphatic heterocycles. The number of piperazine rings is 1. The van der Waals surface area contributed by atoms with Crippen molar-refractivity contribution in [2.45, 2.75) is 6.54 Å². The van der Waals surface area contributed by atoms with Gasteiger partial charge in [0.2, 0.25) is 0 Å². The van der Waals surface area contributed by atoms with Crippen molar-refractivity contribution >= 4 is 29.5 Å². The van der Waals surface area contributed by atoms with Gasteiger partial charge in [-0.2, -0.15) is 0 Å². The third kappa shape index (κ3) is 3.94. The van der Waals surface area contributed by atoms with Crippen LogP contribution in [0.15, 0.2) is 28.7 Å². The Hall–Kier alpha value is -0.645. The Morgan fingerprint density at radius 3 is 2.41 bits per heavy atom. The first-order valence-corrected chi connectivity index (χ1v) is 6.70. The molecule has 0 spiro atoms. The largest absolute Gasteiger partial charge is 0.336 e. The Labute approximate surface area is 111 Å². The monoisotopic (exact) mass is 294 g/mol. The van der Waals surface area contributed by atoms with Crippen LogP contribution in [0.3, 0.4) is 0 Å². The van der Waals surface area contributed by atoms with Gasteiger partial charge in [0.05, 0.1) is 6.19 Å². The van der Waals surface area contributed by atoms with E-state index in [9.17, 15) is 4.79 Å². The number of hydrogen-bond donors (Lipinski definition) is 0. The van der Waals surface area contributed by atoms with Crippen LogP contribution in [0, 0.1) is 0 Å². The molecule has 3 nitrogen and oxygen atoms in total. The van der Waals surface area contributed by atoms with Crippen molar-refractivity contribution in [2.24, 2.45) is 0 Å². The molecule has 1 heterocycles. The SMILES string of the molecule is O=CBN1CCN(Cc2ccc(Br)cc2)CC1. The van der Waals surface area contributed by atoms with Gasteiger partial charge in [0.1, 0.15) is 0 Å². The molecule has 0 radical (unpaired) electrons. The summed E-state index contributed by atoms with van der Waals surface area (Å²) in [5.74, 6) is 0. The quantitative estimate of drug-likeness (QED) is 0.614. The number of benzene rings is 1. The first-order chi connectivity index (χ1) is 8.28. The van der Waals surface area contributed by atoms with Crippen LogP contribution >= 0.6 is 15.9 Å². The van der Waals surface area contributed by atoms with Crippen molar-refractivity contribution in [3.63, 3.8) is 0 Å². The van der Waals surface area contributed by atoms with Crippen LogP contribution in [0.5, 0.6) is 0 Å². The van der Waals surface area contributed by atoms with Gasteiger partial charge in [0.25, 0.3) is 7.41 Å². The van der Waals surface area contributed by atoms with E-state index in [-0.39, 0.29) is 0 Å². The minimum Gasteiger partial charge on any atom is -0.336 e. The van der Waals surface area contributed by atoms with Gasteiger partial charge in [0.15, 0.2) is 0 Å². The van der Waals surface area contributed by atoms with Crippen molar-refractivity contribution in [2.75, 3.05) is 26.2 Å². The number of nitrogens with zero attached hydrogens (tertiary/aromatic N) is 2. The van der Waals surface area contributed by atoms with Gasteiger partial charge in [0, 0.05) is 37.2 Å². The molecule has 0 atom stereocenters. The van der Waals surface area contributed by atoms with Crippen LogP contribution in [-0.4, -0.2) is 49.5 Å². The van der Waals surface area contributed by atoms with Gasteiger partial charge in [-0.3, -0.25) is 4.90 Å². The summed E-state index contributed by atoms with van der Waals surface area (Å²) in [5.41, 5.74) is 1.34. The summed E-state index contributed by atoms with van der Waals surface area (Å²) in [4.78, 5) is 15.1. The molecule has 0 amide bonds. The summed E-state index contributed by atoms with van der Waals surface area (Å²) in [6, 6.07) is 8.47. The second-order valence-electron chi connectivity index (χ2n) is 4.37. The molecule has 1 aromatic carbocycles. The van der Waals surface area contributed by atoms with E-state index >= 15 is 0 Å². The van der Waals surface area contributed by atoms with Crippen molar-refractivity contribution < 1.29 is 4.79 Å². The predicted octanol–water partition coefficient (Wildman–Crippen LogP) is 1.11. The molecule has 0 aliphatic carbocycles. The first-order valence-electron chi connectivity index (χ1n) is 5.91. The van der Waals surface area contributed by atoms with Crippen molar-refractivity contribution in [1.82, 2.24) is 9.71 Å². The maximum Gasteiger partial charge on any atom is 0.281 e. The lowest BCUT2D eigenvalue weighted by Crippen LogP contribution is -2.47. The normalized spacial score (nSPS) is 17.9. The highest BCUT2D eigenvalue weighted by atomic mass is 79.9. The second-order valence-corrected chi connectivity index (χ2v) is 5.29. The molecule has 0 unspecified atom stereocenters. The van der Waals surface area contributed by atoms with E-state index in [1.807, 2.05) is 0 Å². The Bertz CT molecular complexity index is 363. The smallest absolute Gasteiger partial charge is 0.281 e. The summed E-state index contributed by atoms with van der Waals surface area (Å²) in [6.45, 7) is 5.08. The predicted molar refractivity (Wildman–Crippen MR) is 74.9 cm³/mol. The summed E-state index contributed by atoms with van der Waals surface area (Å²) >= 11 is 3.44. The topological polar surface area (TPSA) is 23.6 Å². The molecule has 0 bridgehead atoms. The van der Waals surface area contributed by atoms with E-state index in [1.54, 1.807) is 0 Å². The summed E-state index contributed by atoms with van der Waals surface area (Å²) in [6.07, 6.45) is 0.990. The fourth-order valence-corrected chi connectivity index (χ4v) is 2.35. The van der Waals surface area contributed by atoms with E-state index in [4.69, 9.17) is 0 Å². The van der Waals surface area contributed by atoms with Crippen LogP contribution in [0.4, 0.5) is 0 Å². The fraction of sp³-hybridized carbons (Fsp3) is 0.417. The molecule has 0 N–H and O–H groups in total. The van der Waals surface area contributed by atoms with Gasteiger partial charge in [-0.1, -0.05) is 28.1 Å². The summed E-state index contributed by atoms with van der Waals surface area (Å²) in [7, 11) is 0.576. The molecular formula is C12H16BBrN2O. The standard InChI is InChI=1S/C12H16BBrN2O/c14-12-3-1-11(2-4-12)9-15-5-7-16(8-6-15)13-10-17/h1-4,10,13H,5-9H2. The molecule has 1 saturated heterocycles. The average molecular weight is 295 g/mol. The van der Waals surface area contributed by atoms with Gasteiger partial charge in [-0.25, -0.2) is 0 Å². The van der Waals surface area contributed by atoms with Crippen LogP contribution in [0.25, 0.3) is 0 Å².